The van der Waals surface area contributed by atoms with E-state index in [1.807, 2.05) is 6.92 Å². The Bertz CT molecular complexity index is 288. The van der Waals surface area contributed by atoms with Gasteiger partial charge in [-0.1, -0.05) is 6.58 Å². The van der Waals surface area contributed by atoms with Gasteiger partial charge in [0.15, 0.2) is 0 Å². The Hall–Kier alpha value is -1.45. The summed E-state index contributed by atoms with van der Waals surface area (Å²) in [5.74, 6) is 0.946. The highest BCUT2D eigenvalue weighted by Gasteiger charge is 2.17. The van der Waals surface area contributed by atoms with E-state index in [1.54, 1.807) is 6.33 Å². The first-order valence-corrected chi connectivity index (χ1v) is 3.53. The average molecular weight is 150 g/mol. The van der Waals surface area contributed by atoms with Crippen molar-refractivity contribution in [1.82, 2.24) is 15.3 Å². The molecule has 1 atom stereocenters. The molecule has 0 saturated carbocycles. The van der Waals surface area contributed by atoms with Crippen LogP contribution in [0.15, 0.2) is 12.9 Å². The molecule has 1 unspecified atom stereocenters. The third kappa shape index (κ3) is 0.869. The summed E-state index contributed by atoms with van der Waals surface area (Å²) in [5.41, 5.74) is 1.75. The number of rotatable bonds is 0. The quantitative estimate of drug-likeness (QED) is 0.511. The molecule has 0 fully saturated rings. The molecule has 1 aliphatic rings. The lowest BCUT2D eigenvalue weighted by atomic mass is 10.2. The molecule has 58 valence electrons. The van der Waals surface area contributed by atoms with Crippen LogP contribution in [0.5, 0.6) is 0 Å². The van der Waals surface area contributed by atoms with Crippen LogP contribution in [0, 0.1) is 0 Å². The molecule has 3 N–H and O–H groups in total. The predicted molar refractivity (Wildman–Crippen MR) is 43.8 cm³/mol. The average Bonchev–Trinajstić information content (AvgIpc) is 2.34. The lowest BCUT2D eigenvalue weighted by Crippen LogP contribution is -2.36. The first kappa shape index (κ1) is 6.27. The highest BCUT2D eigenvalue weighted by molar-refractivity contribution is 5.71. The van der Waals surface area contributed by atoms with E-state index >= 15 is 0 Å². The van der Waals surface area contributed by atoms with Crippen molar-refractivity contribution in [2.24, 2.45) is 0 Å². The summed E-state index contributed by atoms with van der Waals surface area (Å²) < 4.78 is 0. The van der Waals surface area contributed by atoms with E-state index in [4.69, 9.17) is 0 Å². The van der Waals surface area contributed by atoms with Gasteiger partial charge in [-0.2, -0.15) is 0 Å². The van der Waals surface area contributed by atoms with Crippen molar-refractivity contribution in [1.29, 1.82) is 0 Å². The molecule has 2 rings (SSSR count). The summed E-state index contributed by atoms with van der Waals surface area (Å²) in [6.07, 6.45) is 1.87. The highest BCUT2D eigenvalue weighted by atomic mass is 15.2. The van der Waals surface area contributed by atoms with Crippen LogP contribution in [0.2, 0.25) is 0 Å². The number of fused-ring (bicyclic) bond motifs is 1. The zero-order valence-electron chi connectivity index (χ0n) is 6.31. The molecule has 1 aliphatic heterocycles. The molecule has 1 aromatic heterocycles. The standard InChI is InChI=1S/C7H10N4/c1-4-6-7(9-3-8-6)11-5(2)10-4/h3,5,10-11H,1H2,2H3,(H,8,9). The maximum atomic E-state index is 4.09. The van der Waals surface area contributed by atoms with E-state index in [9.17, 15) is 0 Å². The van der Waals surface area contributed by atoms with Gasteiger partial charge in [-0.15, -0.1) is 0 Å². The smallest absolute Gasteiger partial charge is 0.134 e. The Labute approximate surface area is 64.7 Å². The van der Waals surface area contributed by atoms with Gasteiger partial charge in [0.2, 0.25) is 0 Å². The van der Waals surface area contributed by atoms with Gasteiger partial charge in [-0.25, -0.2) is 4.98 Å². The number of imidazole rings is 1. The number of aromatic nitrogens is 2. The molecular weight excluding hydrogens is 140 g/mol. The molecule has 0 bridgehead atoms. The second-order valence-electron chi connectivity index (χ2n) is 2.62. The monoisotopic (exact) mass is 150 g/mol. The fourth-order valence-corrected chi connectivity index (χ4v) is 1.22. The molecule has 0 aromatic carbocycles. The number of hydrogen-bond acceptors (Lipinski definition) is 3. The van der Waals surface area contributed by atoms with Crippen LogP contribution in [0.3, 0.4) is 0 Å². The molecular formula is C7H10N4. The van der Waals surface area contributed by atoms with Crippen LogP contribution in [0.25, 0.3) is 5.70 Å². The maximum Gasteiger partial charge on any atom is 0.134 e. The fraction of sp³-hybridized carbons (Fsp3) is 0.286. The maximum absolute atomic E-state index is 4.09. The van der Waals surface area contributed by atoms with Crippen molar-refractivity contribution in [3.8, 4) is 0 Å². The molecule has 11 heavy (non-hydrogen) atoms. The highest BCUT2D eigenvalue weighted by Crippen LogP contribution is 2.21. The zero-order chi connectivity index (χ0) is 7.84. The minimum absolute atomic E-state index is 0.218. The Morgan fingerprint density at radius 3 is 3.18 bits per heavy atom. The topological polar surface area (TPSA) is 52.7 Å². The van der Waals surface area contributed by atoms with Crippen LogP contribution in [-0.4, -0.2) is 16.1 Å². The summed E-state index contributed by atoms with van der Waals surface area (Å²) >= 11 is 0. The van der Waals surface area contributed by atoms with Crippen molar-refractivity contribution in [3.63, 3.8) is 0 Å². The summed E-state index contributed by atoms with van der Waals surface area (Å²) in [6.45, 7) is 5.87. The predicted octanol–water partition coefficient (Wildman–Crippen LogP) is 0.741. The Morgan fingerprint density at radius 2 is 2.36 bits per heavy atom. The molecule has 0 spiro atoms. The normalized spacial score (nSPS) is 21.9. The number of aromatic amines is 1. The number of hydrogen-bond donors (Lipinski definition) is 3. The summed E-state index contributed by atoms with van der Waals surface area (Å²) in [6, 6.07) is 0. The molecule has 2 heterocycles. The number of nitrogens with one attached hydrogen (secondary N) is 3. The summed E-state index contributed by atoms with van der Waals surface area (Å²) in [7, 11) is 0. The lowest BCUT2D eigenvalue weighted by Gasteiger charge is -2.24. The number of nitrogens with zero attached hydrogens (tertiary/aromatic N) is 1. The van der Waals surface area contributed by atoms with E-state index in [0.29, 0.717) is 0 Å². The number of H-pyrrole nitrogens is 1. The van der Waals surface area contributed by atoms with Gasteiger partial charge in [-0.05, 0) is 6.92 Å². The van der Waals surface area contributed by atoms with Crippen molar-refractivity contribution in [3.05, 3.63) is 18.6 Å². The largest absolute Gasteiger partial charge is 0.364 e. The van der Waals surface area contributed by atoms with Gasteiger partial charge >= 0.3 is 0 Å². The molecule has 4 heteroatoms. The van der Waals surface area contributed by atoms with Gasteiger partial charge in [0.1, 0.15) is 11.5 Å². The van der Waals surface area contributed by atoms with E-state index in [-0.39, 0.29) is 6.17 Å². The summed E-state index contributed by atoms with van der Waals surface area (Å²) in [4.78, 5) is 7.09. The minimum Gasteiger partial charge on any atom is -0.364 e. The van der Waals surface area contributed by atoms with Crippen LogP contribution in [0.1, 0.15) is 12.6 Å². The van der Waals surface area contributed by atoms with Gasteiger partial charge in [0.05, 0.1) is 18.2 Å². The Balaban J connectivity index is 2.44. The summed E-state index contributed by atoms with van der Waals surface area (Å²) in [5, 5.41) is 6.31. The van der Waals surface area contributed by atoms with Crippen molar-refractivity contribution >= 4 is 11.5 Å². The van der Waals surface area contributed by atoms with Crippen molar-refractivity contribution in [2.75, 3.05) is 5.32 Å². The van der Waals surface area contributed by atoms with E-state index in [2.05, 4.69) is 27.2 Å². The van der Waals surface area contributed by atoms with E-state index in [0.717, 1.165) is 17.2 Å². The molecule has 0 aliphatic carbocycles. The Morgan fingerprint density at radius 1 is 1.55 bits per heavy atom. The number of anilines is 1. The zero-order valence-corrected chi connectivity index (χ0v) is 6.31. The van der Waals surface area contributed by atoms with Crippen LogP contribution >= 0.6 is 0 Å². The van der Waals surface area contributed by atoms with Gasteiger partial charge in [0.25, 0.3) is 0 Å². The van der Waals surface area contributed by atoms with E-state index < -0.39 is 0 Å². The van der Waals surface area contributed by atoms with E-state index in [1.165, 1.54) is 0 Å². The van der Waals surface area contributed by atoms with Crippen LogP contribution < -0.4 is 10.6 Å². The van der Waals surface area contributed by atoms with Crippen molar-refractivity contribution in [2.45, 2.75) is 13.1 Å². The third-order valence-corrected chi connectivity index (χ3v) is 1.68. The molecule has 4 nitrogen and oxygen atoms in total. The Kier molecular flexibility index (Phi) is 1.15. The minimum atomic E-state index is 0.218. The SMILES string of the molecule is C=C1NC(C)Nc2[nH]cnc21. The first-order chi connectivity index (χ1) is 5.27. The lowest BCUT2D eigenvalue weighted by molar-refractivity contribution is 0.713. The molecule has 1 aromatic rings. The second kappa shape index (κ2) is 2.02. The fourth-order valence-electron chi connectivity index (χ4n) is 1.22. The third-order valence-electron chi connectivity index (χ3n) is 1.68. The van der Waals surface area contributed by atoms with Crippen LogP contribution in [0.4, 0.5) is 5.82 Å². The molecule has 0 saturated heterocycles. The molecule has 0 radical (unpaired) electrons. The van der Waals surface area contributed by atoms with Gasteiger partial charge in [0, 0.05) is 0 Å². The van der Waals surface area contributed by atoms with Crippen molar-refractivity contribution < 1.29 is 0 Å². The van der Waals surface area contributed by atoms with Crippen LogP contribution in [-0.2, 0) is 0 Å². The van der Waals surface area contributed by atoms with Gasteiger partial charge in [-0.3, -0.25) is 0 Å². The second-order valence-corrected chi connectivity index (χ2v) is 2.62. The van der Waals surface area contributed by atoms with Gasteiger partial charge < -0.3 is 15.6 Å². The molecule has 0 amide bonds. The first-order valence-electron chi connectivity index (χ1n) is 3.53.